The van der Waals surface area contributed by atoms with Gasteiger partial charge in [0.1, 0.15) is 5.82 Å². The summed E-state index contributed by atoms with van der Waals surface area (Å²) in [6.07, 6.45) is 5.41. The molecule has 1 atom stereocenters. The molecule has 1 nitrogen and oxygen atoms in total. The lowest BCUT2D eigenvalue weighted by Crippen LogP contribution is -2.24. The molecule has 1 aromatic rings. The average molecular weight is 281 g/mol. The first-order valence-electron chi connectivity index (χ1n) is 6.95. The van der Waals surface area contributed by atoms with Crippen molar-refractivity contribution in [3.05, 3.63) is 48.3 Å². The third-order valence-corrected chi connectivity index (χ3v) is 3.96. The van der Waals surface area contributed by atoms with E-state index in [2.05, 4.69) is 18.8 Å². The summed E-state index contributed by atoms with van der Waals surface area (Å²) in [6, 6.07) is 7.20. The molecular weight excluding hydrogens is 257 g/mol. The molecule has 0 aliphatic rings. The van der Waals surface area contributed by atoms with Gasteiger partial charge >= 0.3 is 0 Å². The van der Waals surface area contributed by atoms with E-state index in [-0.39, 0.29) is 5.82 Å². The van der Waals surface area contributed by atoms with Crippen molar-refractivity contribution in [2.75, 3.05) is 18.1 Å². The van der Waals surface area contributed by atoms with Gasteiger partial charge in [-0.25, -0.2) is 4.39 Å². The molecule has 1 aromatic carbocycles. The van der Waals surface area contributed by atoms with Gasteiger partial charge in [0.15, 0.2) is 0 Å². The highest BCUT2D eigenvalue weighted by atomic mass is 32.2. The Morgan fingerprint density at radius 1 is 1.37 bits per heavy atom. The second kappa shape index (κ2) is 10.0. The highest BCUT2D eigenvalue weighted by molar-refractivity contribution is 7.99. The molecule has 0 fully saturated rings. The fourth-order valence-electron chi connectivity index (χ4n) is 1.96. The van der Waals surface area contributed by atoms with E-state index in [1.54, 1.807) is 12.1 Å². The fraction of sp³-hybridized carbons (Fsp3) is 0.500. The van der Waals surface area contributed by atoms with Crippen molar-refractivity contribution >= 4 is 11.8 Å². The van der Waals surface area contributed by atoms with Gasteiger partial charge in [0.05, 0.1) is 0 Å². The normalized spacial score (nSPS) is 12.3. The van der Waals surface area contributed by atoms with Crippen molar-refractivity contribution in [1.29, 1.82) is 0 Å². The van der Waals surface area contributed by atoms with E-state index in [4.69, 9.17) is 0 Å². The van der Waals surface area contributed by atoms with Gasteiger partial charge < -0.3 is 5.32 Å². The predicted molar refractivity (Wildman–Crippen MR) is 84.2 cm³/mol. The Morgan fingerprint density at radius 3 is 2.74 bits per heavy atom. The zero-order chi connectivity index (χ0) is 13.9. The number of hydrogen-bond acceptors (Lipinski definition) is 2. The number of halogens is 1. The van der Waals surface area contributed by atoms with Crippen molar-refractivity contribution in [1.82, 2.24) is 5.32 Å². The maximum absolute atomic E-state index is 13.0. The van der Waals surface area contributed by atoms with E-state index >= 15 is 0 Å². The SMILES string of the molecule is C=CCSCCNC(CCCC)c1ccc(F)cc1. The standard InChI is InChI=1S/C16H24FNS/c1-3-5-6-16(18-11-13-19-12-4-2)14-7-9-15(17)10-8-14/h4,7-10,16,18H,2-3,5-6,11-13H2,1H3. The molecule has 19 heavy (non-hydrogen) atoms. The van der Waals surface area contributed by atoms with Crippen LogP contribution in [0.5, 0.6) is 0 Å². The molecule has 0 heterocycles. The molecule has 0 spiro atoms. The van der Waals surface area contributed by atoms with E-state index in [0.717, 1.165) is 24.5 Å². The van der Waals surface area contributed by atoms with Crippen LogP contribution in [0.3, 0.4) is 0 Å². The topological polar surface area (TPSA) is 12.0 Å². The third-order valence-electron chi connectivity index (χ3n) is 2.99. The first-order chi connectivity index (χ1) is 9.27. The minimum absolute atomic E-state index is 0.167. The predicted octanol–water partition coefficient (Wildman–Crippen LogP) is 4.57. The molecule has 1 N–H and O–H groups in total. The van der Waals surface area contributed by atoms with E-state index < -0.39 is 0 Å². The summed E-state index contributed by atoms with van der Waals surface area (Å²) in [5.74, 6) is 1.91. The lowest BCUT2D eigenvalue weighted by molar-refractivity contribution is 0.495. The maximum atomic E-state index is 13.0. The summed E-state index contributed by atoms with van der Waals surface area (Å²) in [4.78, 5) is 0. The lowest BCUT2D eigenvalue weighted by atomic mass is 10.0. The molecule has 0 aliphatic heterocycles. The molecule has 0 aromatic heterocycles. The summed E-state index contributed by atoms with van der Waals surface area (Å²) in [6.45, 7) is 6.89. The Morgan fingerprint density at radius 2 is 2.11 bits per heavy atom. The summed E-state index contributed by atoms with van der Waals surface area (Å²) < 4.78 is 13.0. The van der Waals surface area contributed by atoms with Crippen LogP contribution in [0, 0.1) is 5.82 Å². The number of unbranched alkanes of at least 4 members (excludes halogenated alkanes) is 1. The van der Waals surface area contributed by atoms with Crippen LogP contribution in [0.1, 0.15) is 37.8 Å². The molecule has 0 saturated heterocycles. The molecule has 0 saturated carbocycles. The Balaban J connectivity index is 2.46. The van der Waals surface area contributed by atoms with Crippen molar-refractivity contribution in [2.45, 2.75) is 32.2 Å². The van der Waals surface area contributed by atoms with Crippen LogP contribution >= 0.6 is 11.8 Å². The van der Waals surface area contributed by atoms with Crippen LogP contribution in [0.4, 0.5) is 4.39 Å². The highest BCUT2D eigenvalue weighted by Crippen LogP contribution is 2.19. The minimum atomic E-state index is -0.167. The molecule has 1 rings (SSSR count). The molecule has 0 radical (unpaired) electrons. The largest absolute Gasteiger partial charge is 0.309 e. The maximum Gasteiger partial charge on any atom is 0.123 e. The van der Waals surface area contributed by atoms with E-state index in [1.807, 2.05) is 30.0 Å². The van der Waals surface area contributed by atoms with Crippen LogP contribution < -0.4 is 5.32 Å². The number of benzene rings is 1. The molecule has 106 valence electrons. The van der Waals surface area contributed by atoms with Gasteiger partial charge in [-0.1, -0.05) is 38.0 Å². The van der Waals surface area contributed by atoms with Crippen molar-refractivity contribution < 1.29 is 4.39 Å². The van der Waals surface area contributed by atoms with Crippen molar-refractivity contribution in [3.8, 4) is 0 Å². The molecule has 1 unspecified atom stereocenters. The zero-order valence-corrected chi connectivity index (χ0v) is 12.5. The number of rotatable bonds is 10. The average Bonchev–Trinajstić information content (AvgIpc) is 2.43. The second-order valence-electron chi connectivity index (χ2n) is 4.56. The van der Waals surface area contributed by atoms with Gasteiger partial charge in [0.2, 0.25) is 0 Å². The Labute approximate surface area is 120 Å². The van der Waals surface area contributed by atoms with E-state index in [0.29, 0.717) is 6.04 Å². The van der Waals surface area contributed by atoms with Crippen LogP contribution in [-0.2, 0) is 0 Å². The van der Waals surface area contributed by atoms with Crippen molar-refractivity contribution in [3.63, 3.8) is 0 Å². The number of thioether (sulfide) groups is 1. The lowest BCUT2D eigenvalue weighted by Gasteiger charge is -2.19. The first-order valence-corrected chi connectivity index (χ1v) is 8.11. The molecule has 0 amide bonds. The van der Waals surface area contributed by atoms with Crippen LogP contribution in [0.2, 0.25) is 0 Å². The molecule has 3 heteroatoms. The Bertz CT molecular complexity index is 350. The Kier molecular flexibility index (Phi) is 8.59. The van der Waals surface area contributed by atoms with Crippen molar-refractivity contribution in [2.24, 2.45) is 0 Å². The summed E-state index contributed by atoms with van der Waals surface area (Å²) in [5.41, 5.74) is 1.18. The van der Waals surface area contributed by atoms with Crippen LogP contribution in [-0.4, -0.2) is 18.1 Å². The van der Waals surface area contributed by atoms with Gasteiger partial charge in [-0.15, -0.1) is 6.58 Å². The first kappa shape index (κ1) is 16.3. The second-order valence-corrected chi connectivity index (χ2v) is 5.71. The van der Waals surface area contributed by atoms with Crippen LogP contribution in [0.15, 0.2) is 36.9 Å². The summed E-state index contributed by atoms with van der Waals surface area (Å²) in [7, 11) is 0. The highest BCUT2D eigenvalue weighted by Gasteiger charge is 2.10. The molecule has 0 bridgehead atoms. The third kappa shape index (κ3) is 6.79. The number of hydrogen-bond donors (Lipinski definition) is 1. The molecule has 0 aliphatic carbocycles. The summed E-state index contributed by atoms with van der Waals surface area (Å²) in [5, 5.41) is 3.57. The van der Waals surface area contributed by atoms with Gasteiger partial charge in [-0.05, 0) is 24.1 Å². The quantitative estimate of drug-likeness (QED) is 0.498. The van der Waals surface area contributed by atoms with Gasteiger partial charge in [0.25, 0.3) is 0 Å². The molecular formula is C16H24FNS. The fourth-order valence-corrected chi connectivity index (χ4v) is 2.56. The van der Waals surface area contributed by atoms with Gasteiger partial charge in [0, 0.05) is 24.1 Å². The monoisotopic (exact) mass is 281 g/mol. The van der Waals surface area contributed by atoms with E-state index in [1.165, 1.54) is 18.4 Å². The minimum Gasteiger partial charge on any atom is -0.309 e. The van der Waals surface area contributed by atoms with E-state index in [9.17, 15) is 4.39 Å². The Hall–Kier alpha value is -0.800. The zero-order valence-electron chi connectivity index (χ0n) is 11.7. The number of nitrogens with one attached hydrogen (secondary N) is 1. The van der Waals surface area contributed by atoms with Crippen LogP contribution in [0.25, 0.3) is 0 Å². The smallest absolute Gasteiger partial charge is 0.123 e. The van der Waals surface area contributed by atoms with Gasteiger partial charge in [-0.2, -0.15) is 11.8 Å². The van der Waals surface area contributed by atoms with Gasteiger partial charge in [-0.3, -0.25) is 0 Å². The summed E-state index contributed by atoms with van der Waals surface area (Å²) >= 11 is 1.88.